The molecular weight excluding hydrogens is 413 g/mol. The van der Waals surface area contributed by atoms with Crippen LogP contribution in [0.1, 0.15) is 44.5 Å². The number of hydrogen-bond acceptors (Lipinski definition) is 5. The van der Waals surface area contributed by atoms with Crippen molar-refractivity contribution in [3.8, 4) is 0 Å². The Morgan fingerprint density at radius 2 is 2.10 bits per heavy atom. The standard InChI is InChI=1S/C20H25F3N6O2/c1-2-31-19(30)26-10-16-28-15-9-25-18-14(7-8-24-18)17(15)29(16)13-5-3-12(4-6-13)27-11-20(21,22)23/h7-9,12-13,27H,2-6,10-11H2,1H3,(H,24,25)(H,26,30)/t12-,13-. The Morgan fingerprint density at radius 3 is 2.81 bits per heavy atom. The van der Waals surface area contributed by atoms with E-state index in [0.29, 0.717) is 37.0 Å². The van der Waals surface area contributed by atoms with Gasteiger partial charge in [0.1, 0.15) is 17.0 Å². The summed E-state index contributed by atoms with van der Waals surface area (Å²) < 4.78 is 44.7. The number of alkyl halides is 3. The summed E-state index contributed by atoms with van der Waals surface area (Å²) >= 11 is 0. The van der Waals surface area contributed by atoms with E-state index in [1.165, 1.54) is 0 Å². The topological polar surface area (TPSA) is 96.9 Å². The molecule has 3 aromatic heterocycles. The number of carbonyl (C=O) groups is 1. The van der Waals surface area contributed by atoms with E-state index in [0.717, 1.165) is 16.6 Å². The van der Waals surface area contributed by atoms with Gasteiger partial charge in [-0.05, 0) is 38.7 Å². The van der Waals surface area contributed by atoms with E-state index in [1.54, 1.807) is 13.1 Å². The third-order valence-electron chi connectivity index (χ3n) is 5.63. The van der Waals surface area contributed by atoms with E-state index in [-0.39, 0.29) is 25.2 Å². The van der Waals surface area contributed by atoms with Crippen molar-refractivity contribution in [2.45, 2.75) is 57.4 Å². The van der Waals surface area contributed by atoms with E-state index in [2.05, 4.69) is 30.2 Å². The molecule has 3 aromatic rings. The first-order valence-electron chi connectivity index (χ1n) is 10.4. The molecule has 168 valence electrons. The first-order valence-corrected chi connectivity index (χ1v) is 10.4. The lowest BCUT2D eigenvalue weighted by atomic mass is 9.90. The van der Waals surface area contributed by atoms with Gasteiger partial charge in [-0.15, -0.1) is 0 Å². The molecule has 3 heterocycles. The number of pyridine rings is 1. The molecular formula is C20H25F3N6O2. The maximum atomic E-state index is 12.5. The molecule has 1 aliphatic rings. The van der Waals surface area contributed by atoms with Crippen LogP contribution < -0.4 is 10.6 Å². The van der Waals surface area contributed by atoms with Crippen molar-refractivity contribution >= 4 is 28.2 Å². The predicted octanol–water partition coefficient (Wildman–Crippen LogP) is 3.79. The SMILES string of the molecule is CCOC(=O)NCc1nc2cnc3[nH]ccc3c2n1[C@H]1CC[C@H](NCC(F)(F)F)CC1. The smallest absolute Gasteiger partial charge is 0.407 e. The average Bonchev–Trinajstić information content (AvgIpc) is 3.34. The predicted molar refractivity (Wildman–Crippen MR) is 109 cm³/mol. The van der Waals surface area contributed by atoms with Gasteiger partial charge in [0.15, 0.2) is 0 Å². The van der Waals surface area contributed by atoms with E-state index < -0.39 is 18.8 Å². The number of fused-ring (bicyclic) bond motifs is 3. The van der Waals surface area contributed by atoms with Crippen LogP contribution in [0.2, 0.25) is 0 Å². The lowest BCUT2D eigenvalue weighted by Crippen LogP contribution is -2.39. The number of amides is 1. The Morgan fingerprint density at radius 1 is 1.32 bits per heavy atom. The number of nitrogens with one attached hydrogen (secondary N) is 3. The van der Waals surface area contributed by atoms with Gasteiger partial charge in [0.05, 0.1) is 31.4 Å². The average molecular weight is 438 g/mol. The van der Waals surface area contributed by atoms with Gasteiger partial charge in [-0.2, -0.15) is 13.2 Å². The summed E-state index contributed by atoms with van der Waals surface area (Å²) in [7, 11) is 0. The van der Waals surface area contributed by atoms with Crippen molar-refractivity contribution in [1.29, 1.82) is 0 Å². The van der Waals surface area contributed by atoms with Crippen LogP contribution in [0, 0.1) is 0 Å². The molecule has 0 bridgehead atoms. The molecule has 8 nitrogen and oxygen atoms in total. The molecule has 1 fully saturated rings. The highest BCUT2D eigenvalue weighted by Crippen LogP contribution is 2.35. The van der Waals surface area contributed by atoms with Crippen LogP contribution in [-0.4, -0.2) is 51.0 Å². The second-order valence-corrected chi connectivity index (χ2v) is 7.71. The van der Waals surface area contributed by atoms with Crippen LogP contribution in [0.4, 0.5) is 18.0 Å². The molecule has 0 radical (unpaired) electrons. The van der Waals surface area contributed by atoms with Crippen molar-refractivity contribution in [1.82, 2.24) is 30.2 Å². The lowest BCUT2D eigenvalue weighted by molar-refractivity contribution is -0.126. The van der Waals surface area contributed by atoms with Crippen LogP contribution in [0.5, 0.6) is 0 Å². The maximum Gasteiger partial charge on any atom is 0.407 e. The number of alkyl carbamates (subject to hydrolysis) is 1. The van der Waals surface area contributed by atoms with Crippen molar-refractivity contribution in [3.63, 3.8) is 0 Å². The van der Waals surface area contributed by atoms with E-state index in [1.807, 2.05) is 12.3 Å². The highest BCUT2D eigenvalue weighted by Gasteiger charge is 2.31. The normalized spacial score (nSPS) is 19.7. The minimum Gasteiger partial charge on any atom is -0.450 e. The van der Waals surface area contributed by atoms with Crippen molar-refractivity contribution in [2.24, 2.45) is 0 Å². The Hall–Kier alpha value is -2.82. The highest BCUT2D eigenvalue weighted by molar-refractivity contribution is 6.01. The van der Waals surface area contributed by atoms with Gasteiger partial charge in [0.25, 0.3) is 0 Å². The summed E-state index contributed by atoms with van der Waals surface area (Å²) in [5.41, 5.74) is 2.36. The van der Waals surface area contributed by atoms with Crippen LogP contribution >= 0.6 is 0 Å². The molecule has 0 unspecified atom stereocenters. The van der Waals surface area contributed by atoms with Crippen molar-refractivity contribution in [2.75, 3.05) is 13.2 Å². The molecule has 0 aliphatic heterocycles. The van der Waals surface area contributed by atoms with E-state index in [4.69, 9.17) is 4.74 Å². The lowest BCUT2D eigenvalue weighted by Gasteiger charge is -2.31. The molecule has 11 heteroatoms. The van der Waals surface area contributed by atoms with E-state index >= 15 is 0 Å². The number of ether oxygens (including phenoxy) is 1. The first kappa shape index (κ1) is 21.4. The molecule has 31 heavy (non-hydrogen) atoms. The summed E-state index contributed by atoms with van der Waals surface area (Å²) in [5.74, 6) is 0.672. The van der Waals surface area contributed by atoms with Gasteiger partial charge in [-0.3, -0.25) is 0 Å². The van der Waals surface area contributed by atoms with Crippen LogP contribution in [0.3, 0.4) is 0 Å². The molecule has 1 aliphatic carbocycles. The Bertz CT molecular complexity index is 1050. The summed E-state index contributed by atoms with van der Waals surface area (Å²) in [4.78, 5) is 24.0. The summed E-state index contributed by atoms with van der Waals surface area (Å²) in [5, 5.41) is 6.26. The molecule has 4 rings (SSSR count). The summed E-state index contributed by atoms with van der Waals surface area (Å²) in [6, 6.07) is 1.83. The van der Waals surface area contributed by atoms with E-state index in [9.17, 15) is 18.0 Å². The minimum absolute atomic E-state index is 0.0634. The minimum atomic E-state index is -4.21. The number of halogens is 3. The number of imidazole rings is 1. The van der Waals surface area contributed by atoms with Gasteiger partial charge in [0, 0.05) is 23.7 Å². The molecule has 1 saturated carbocycles. The molecule has 0 atom stereocenters. The molecule has 3 N–H and O–H groups in total. The molecule has 0 aromatic carbocycles. The first-order chi connectivity index (χ1) is 14.9. The fourth-order valence-electron chi connectivity index (χ4n) is 4.29. The van der Waals surface area contributed by atoms with Crippen LogP contribution in [-0.2, 0) is 11.3 Å². The zero-order valence-corrected chi connectivity index (χ0v) is 17.1. The van der Waals surface area contributed by atoms with Crippen molar-refractivity contribution < 1.29 is 22.7 Å². The second kappa shape index (κ2) is 8.74. The zero-order chi connectivity index (χ0) is 22.0. The molecule has 0 spiro atoms. The number of H-pyrrole nitrogens is 1. The number of aromatic nitrogens is 4. The molecule has 1 amide bonds. The maximum absolute atomic E-state index is 12.5. The fraction of sp³-hybridized carbons (Fsp3) is 0.550. The monoisotopic (exact) mass is 438 g/mol. The van der Waals surface area contributed by atoms with Gasteiger partial charge < -0.3 is 24.9 Å². The van der Waals surface area contributed by atoms with Gasteiger partial charge >= 0.3 is 12.3 Å². The largest absolute Gasteiger partial charge is 0.450 e. The van der Waals surface area contributed by atoms with Crippen molar-refractivity contribution in [3.05, 3.63) is 24.3 Å². The number of rotatable bonds is 6. The third-order valence-corrected chi connectivity index (χ3v) is 5.63. The van der Waals surface area contributed by atoms with Crippen LogP contribution in [0.15, 0.2) is 18.5 Å². The van der Waals surface area contributed by atoms with Crippen LogP contribution in [0.25, 0.3) is 22.1 Å². The molecule has 0 saturated heterocycles. The summed E-state index contributed by atoms with van der Waals surface area (Å²) in [6.07, 6.45) is 1.45. The summed E-state index contributed by atoms with van der Waals surface area (Å²) in [6.45, 7) is 1.21. The third kappa shape index (κ3) is 4.76. The number of nitrogens with zero attached hydrogens (tertiary/aromatic N) is 3. The Kier molecular flexibility index (Phi) is 6.03. The Balaban J connectivity index is 1.60. The quantitative estimate of drug-likeness (QED) is 0.544. The van der Waals surface area contributed by atoms with Gasteiger partial charge in [0.2, 0.25) is 0 Å². The Labute approximate surface area is 176 Å². The number of hydrogen-bond donors (Lipinski definition) is 3. The number of carbonyl (C=O) groups excluding carboxylic acids is 1. The highest BCUT2D eigenvalue weighted by atomic mass is 19.4. The number of aromatic amines is 1. The second-order valence-electron chi connectivity index (χ2n) is 7.71. The van der Waals surface area contributed by atoms with Gasteiger partial charge in [-0.1, -0.05) is 0 Å². The van der Waals surface area contributed by atoms with Gasteiger partial charge in [-0.25, -0.2) is 14.8 Å². The fourth-order valence-corrected chi connectivity index (χ4v) is 4.29. The zero-order valence-electron chi connectivity index (χ0n) is 17.1.